The standard InChI is InChI=1S/C10H11NO4/c1-6(11-5-10(14)15)8-4-7(12)2-3-9(8)13/h2-4,12-13H,5H2,1H3,(H,14,15). The number of aliphatic imine (C=N–C) groups is 1. The SMILES string of the molecule is CC(=NCC(=O)O)c1cc(O)ccc1O. The van der Waals surface area contributed by atoms with E-state index in [4.69, 9.17) is 5.11 Å². The molecule has 15 heavy (non-hydrogen) atoms. The van der Waals surface area contributed by atoms with Gasteiger partial charge in [-0.15, -0.1) is 0 Å². The normalized spacial score (nSPS) is 11.4. The quantitative estimate of drug-likeness (QED) is 0.511. The summed E-state index contributed by atoms with van der Waals surface area (Å²) in [5.41, 5.74) is 0.696. The summed E-state index contributed by atoms with van der Waals surface area (Å²) >= 11 is 0. The first-order chi connectivity index (χ1) is 7.00. The molecule has 1 aromatic rings. The topological polar surface area (TPSA) is 90.1 Å². The highest BCUT2D eigenvalue weighted by atomic mass is 16.4. The van der Waals surface area contributed by atoms with E-state index in [1.807, 2.05) is 0 Å². The highest BCUT2D eigenvalue weighted by Gasteiger charge is 2.06. The summed E-state index contributed by atoms with van der Waals surface area (Å²) in [5.74, 6) is -1.10. The monoisotopic (exact) mass is 209 g/mol. The summed E-state index contributed by atoms with van der Waals surface area (Å²) in [6.45, 7) is 1.21. The second-order valence-electron chi connectivity index (χ2n) is 3.00. The van der Waals surface area contributed by atoms with Gasteiger partial charge in [0.25, 0.3) is 0 Å². The molecule has 0 spiro atoms. The molecule has 80 valence electrons. The third-order valence-corrected chi connectivity index (χ3v) is 1.82. The first-order valence-electron chi connectivity index (χ1n) is 4.26. The van der Waals surface area contributed by atoms with Crippen molar-refractivity contribution in [1.29, 1.82) is 0 Å². The molecule has 0 aliphatic heterocycles. The first-order valence-corrected chi connectivity index (χ1v) is 4.26. The molecular formula is C10H11NO4. The number of aromatic hydroxyl groups is 2. The van der Waals surface area contributed by atoms with Gasteiger partial charge >= 0.3 is 5.97 Å². The Hall–Kier alpha value is -2.04. The maximum atomic E-state index is 10.3. The Kier molecular flexibility index (Phi) is 3.28. The Bertz CT molecular complexity index is 412. The second-order valence-corrected chi connectivity index (χ2v) is 3.00. The lowest BCUT2D eigenvalue weighted by Crippen LogP contribution is -2.04. The van der Waals surface area contributed by atoms with Crippen molar-refractivity contribution in [2.45, 2.75) is 6.92 Å². The molecule has 0 aliphatic carbocycles. The zero-order valence-corrected chi connectivity index (χ0v) is 8.14. The number of aliphatic carboxylic acids is 1. The number of benzene rings is 1. The molecule has 0 heterocycles. The molecule has 0 saturated carbocycles. The molecule has 0 atom stereocenters. The van der Waals surface area contributed by atoms with Gasteiger partial charge in [0.1, 0.15) is 18.0 Å². The van der Waals surface area contributed by atoms with Crippen molar-refractivity contribution in [1.82, 2.24) is 0 Å². The van der Waals surface area contributed by atoms with Crippen molar-refractivity contribution in [2.75, 3.05) is 6.54 Å². The molecule has 0 unspecified atom stereocenters. The number of carboxylic acids is 1. The number of phenolic OH excluding ortho intramolecular Hbond substituents is 2. The Morgan fingerprint density at radius 2 is 2.07 bits per heavy atom. The molecule has 1 aromatic carbocycles. The van der Waals surface area contributed by atoms with Crippen LogP contribution in [0.3, 0.4) is 0 Å². The Morgan fingerprint density at radius 1 is 1.40 bits per heavy atom. The molecule has 0 aromatic heterocycles. The van der Waals surface area contributed by atoms with Gasteiger partial charge in [0, 0.05) is 11.3 Å². The van der Waals surface area contributed by atoms with Gasteiger partial charge in [0.05, 0.1) is 0 Å². The predicted octanol–water partition coefficient (Wildman–Crippen LogP) is 0.991. The molecule has 1 rings (SSSR count). The zero-order valence-electron chi connectivity index (χ0n) is 8.14. The van der Waals surface area contributed by atoms with E-state index >= 15 is 0 Å². The maximum Gasteiger partial charge on any atom is 0.325 e. The van der Waals surface area contributed by atoms with Crippen LogP contribution in [0.2, 0.25) is 0 Å². The number of carboxylic acid groups (broad SMARTS) is 1. The predicted molar refractivity (Wildman–Crippen MR) is 54.5 cm³/mol. The zero-order chi connectivity index (χ0) is 11.4. The van der Waals surface area contributed by atoms with Crippen LogP contribution in [0.5, 0.6) is 11.5 Å². The van der Waals surface area contributed by atoms with Crippen LogP contribution in [0.1, 0.15) is 12.5 Å². The minimum Gasteiger partial charge on any atom is -0.508 e. The Labute approximate surface area is 86.3 Å². The van der Waals surface area contributed by atoms with E-state index in [1.165, 1.54) is 18.2 Å². The fraction of sp³-hybridized carbons (Fsp3) is 0.200. The lowest BCUT2D eigenvalue weighted by Gasteiger charge is -2.04. The fourth-order valence-electron chi connectivity index (χ4n) is 1.09. The number of nitrogens with zero attached hydrogens (tertiary/aromatic N) is 1. The summed E-state index contributed by atoms with van der Waals surface area (Å²) < 4.78 is 0. The summed E-state index contributed by atoms with van der Waals surface area (Å²) in [5, 5.41) is 27.0. The molecule has 0 bridgehead atoms. The Balaban J connectivity index is 2.99. The van der Waals surface area contributed by atoms with Crippen LogP contribution in [-0.4, -0.2) is 33.5 Å². The molecule has 0 amide bonds. The fourth-order valence-corrected chi connectivity index (χ4v) is 1.09. The van der Waals surface area contributed by atoms with Crippen LogP contribution < -0.4 is 0 Å². The lowest BCUT2D eigenvalue weighted by molar-refractivity contribution is -0.135. The van der Waals surface area contributed by atoms with Gasteiger partial charge in [0.15, 0.2) is 0 Å². The highest BCUT2D eigenvalue weighted by molar-refractivity contribution is 6.02. The minimum absolute atomic E-state index is 0.00678. The number of rotatable bonds is 3. The summed E-state index contributed by atoms with van der Waals surface area (Å²) in [6, 6.07) is 3.99. The minimum atomic E-state index is -1.05. The van der Waals surface area contributed by atoms with Gasteiger partial charge in [-0.3, -0.25) is 9.79 Å². The molecule has 3 N–H and O–H groups in total. The van der Waals surface area contributed by atoms with E-state index in [0.717, 1.165) is 0 Å². The van der Waals surface area contributed by atoms with Crippen LogP contribution in [0, 0.1) is 0 Å². The van der Waals surface area contributed by atoms with Gasteiger partial charge in [-0.05, 0) is 25.1 Å². The lowest BCUT2D eigenvalue weighted by atomic mass is 10.1. The largest absolute Gasteiger partial charge is 0.508 e. The smallest absolute Gasteiger partial charge is 0.325 e. The van der Waals surface area contributed by atoms with Crippen LogP contribution in [0.25, 0.3) is 0 Å². The third-order valence-electron chi connectivity index (χ3n) is 1.82. The van der Waals surface area contributed by atoms with Gasteiger partial charge in [-0.2, -0.15) is 0 Å². The van der Waals surface area contributed by atoms with E-state index < -0.39 is 5.97 Å². The van der Waals surface area contributed by atoms with Crippen LogP contribution in [0.4, 0.5) is 0 Å². The van der Waals surface area contributed by atoms with E-state index in [1.54, 1.807) is 6.92 Å². The van der Waals surface area contributed by atoms with Crippen molar-refractivity contribution < 1.29 is 20.1 Å². The maximum absolute atomic E-state index is 10.3. The van der Waals surface area contributed by atoms with Gasteiger partial charge in [0.2, 0.25) is 0 Å². The van der Waals surface area contributed by atoms with E-state index in [0.29, 0.717) is 11.3 Å². The molecule has 5 nitrogen and oxygen atoms in total. The average molecular weight is 209 g/mol. The van der Waals surface area contributed by atoms with Crippen LogP contribution in [0.15, 0.2) is 23.2 Å². The third kappa shape index (κ3) is 2.98. The van der Waals surface area contributed by atoms with Crippen molar-refractivity contribution >= 4 is 11.7 Å². The summed E-state index contributed by atoms with van der Waals surface area (Å²) in [4.78, 5) is 14.0. The number of carbonyl (C=O) groups is 1. The molecule has 0 radical (unpaired) electrons. The first kappa shape index (κ1) is 11.0. The number of hydrogen-bond donors (Lipinski definition) is 3. The molecule has 0 saturated heterocycles. The number of phenols is 2. The summed E-state index contributed by atoms with van der Waals surface area (Å²) in [7, 11) is 0. The average Bonchev–Trinajstić information content (AvgIpc) is 2.18. The van der Waals surface area contributed by atoms with Crippen molar-refractivity contribution in [3.8, 4) is 11.5 Å². The molecular weight excluding hydrogens is 198 g/mol. The van der Waals surface area contributed by atoms with Crippen LogP contribution >= 0.6 is 0 Å². The van der Waals surface area contributed by atoms with E-state index in [9.17, 15) is 15.0 Å². The van der Waals surface area contributed by atoms with Crippen molar-refractivity contribution in [3.05, 3.63) is 23.8 Å². The second kappa shape index (κ2) is 4.45. The van der Waals surface area contributed by atoms with E-state index in [-0.39, 0.29) is 18.0 Å². The van der Waals surface area contributed by atoms with Crippen LogP contribution in [-0.2, 0) is 4.79 Å². The molecule has 0 aliphatic rings. The van der Waals surface area contributed by atoms with Gasteiger partial charge < -0.3 is 15.3 Å². The molecule has 5 heteroatoms. The van der Waals surface area contributed by atoms with E-state index in [2.05, 4.69) is 4.99 Å². The van der Waals surface area contributed by atoms with Crippen molar-refractivity contribution in [3.63, 3.8) is 0 Å². The van der Waals surface area contributed by atoms with Gasteiger partial charge in [-0.1, -0.05) is 0 Å². The summed E-state index contributed by atoms with van der Waals surface area (Å²) in [6.07, 6.45) is 0. The van der Waals surface area contributed by atoms with Crippen molar-refractivity contribution in [2.24, 2.45) is 4.99 Å². The van der Waals surface area contributed by atoms with Gasteiger partial charge in [-0.25, -0.2) is 0 Å². The highest BCUT2D eigenvalue weighted by Crippen LogP contribution is 2.22. The molecule has 0 fully saturated rings. The Morgan fingerprint density at radius 3 is 2.67 bits per heavy atom. The number of hydrogen-bond acceptors (Lipinski definition) is 4.